The van der Waals surface area contributed by atoms with Crippen LogP contribution in [-0.4, -0.2) is 104 Å². The standard InChI is InChI=1S/C31H54O12/c1-8-11-16-36-24-21(6)40-31(29(26(24)38-18-13-10-3)42-23(34)15-14-19(4)32)43-27-25(37-17-12-9-2)20(5)39-30(35)28(27)41-22(7)33/h20-21,24-31,35H,8-18H2,1-7H3/t20?,21?,24-,25-,26?,27?,28-,29-,30+,31-/m0/s1. The third-order valence-electron chi connectivity index (χ3n) is 7.44. The topological polar surface area (TPSA) is 145 Å². The lowest BCUT2D eigenvalue weighted by atomic mass is 9.96. The summed E-state index contributed by atoms with van der Waals surface area (Å²) >= 11 is 0. The first-order valence-corrected chi connectivity index (χ1v) is 15.9. The molecule has 0 amide bonds. The molecule has 10 atom stereocenters. The van der Waals surface area contributed by atoms with Gasteiger partial charge in [0.2, 0.25) is 0 Å². The highest BCUT2D eigenvalue weighted by Crippen LogP contribution is 2.34. The molecule has 2 rings (SSSR count). The molecule has 0 aromatic heterocycles. The maximum Gasteiger partial charge on any atom is 0.306 e. The Kier molecular flexibility index (Phi) is 17.2. The molecule has 12 heteroatoms. The van der Waals surface area contributed by atoms with Crippen LogP contribution in [0.3, 0.4) is 0 Å². The van der Waals surface area contributed by atoms with Crippen LogP contribution < -0.4 is 0 Å². The zero-order valence-corrected chi connectivity index (χ0v) is 27.0. The second-order valence-electron chi connectivity index (χ2n) is 11.3. The maximum absolute atomic E-state index is 13.0. The van der Waals surface area contributed by atoms with Crippen LogP contribution in [0.1, 0.15) is 99.8 Å². The number of carbonyl (C=O) groups excluding carboxylic acids is 3. The number of Topliss-reactive ketones (excluding diaryl/α,β-unsaturated/α-hetero) is 1. The number of hydrogen-bond acceptors (Lipinski definition) is 12. The van der Waals surface area contributed by atoms with E-state index in [1.807, 2.05) is 20.8 Å². The second kappa shape index (κ2) is 19.7. The van der Waals surface area contributed by atoms with E-state index in [0.717, 1.165) is 38.5 Å². The Hall–Kier alpha value is -1.67. The van der Waals surface area contributed by atoms with E-state index in [0.29, 0.717) is 19.8 Å². The van der Waals surface area contributed by atoms with Crippen molar-refractivity contribution in [3.05, 3.63) is 0 Å². The first kappa shape index (κ1) is 37.5. The van der Waals surface area contributed by atoms with Crippen molar-refractivity contribution < 1.29 is 57.4 Å². The molecule has 2 aliphatic heterocycles. The molecule has 2 saturated heterocycles. The van der Waals surface area contributed by atoms with E-state index in [-0.39, 0.29) is 18.6 Å². The van der Waals surface area contributed by atoms with Gasteiger partial charge >= 0.3 is 11.9 Å². The molecule has 2 fully saturated rings. The van der Waals surface area contributed by atoms with Crippen LogP contribution in [0.25, 0.3) is 0 Å². The lowest BCUT2D eigenvalue weighted by Crippen LogP contribution is -2.65. The molecule has 0 aromatic rings. The summed E-state index contributed by atoms with van der Waals surface area (Å²) in [5.74, 6) is -1.40. The summed E-state index contributed by atoms with van der Waals surface area (Å²) in [5, 5.41) is 10.8. The van der Waals surface area contributed by atoms with Crippen LogP contribution in [0.2, 0.25) is 0 Å². The van der Waals surface area contributed by atoms with Crippen molar-refractivity contribution in [2.45, 2.75) is 161 Å². The van der Waals surface area contributed by atoms with E-state index in [1.165, 1.54) is 13.8 Å². The van der Waals surface area contributed by atoms with Gasteiger partial charge in [-0.15, -0.1) is 0 Å². The van der Waals surface area contributed by atoms with Crippen LogP contribution in [0.15, 0.2) is 0 Å². The summed E-state index contributed by atoms with van der Waals surface area (Å²) in [6.07, 6.45) is -4.32. The average Bonchev–Trinajstić information content (AvgIpc) is 2.94. The third-order valence-corrected chi connectivity index (χ3v) is 7.44. The summed E-state index contributed by atoms with van der Waals surface area (Å²) in [6, 6.07) is 0. The molecule has 4 unspecified atom stereocenters. The monoisotopic (exact) mass is 618 g/mol. The third kappa shape index (κ3) is 12.0. The number of aliphatic hydroxyl groups excluding tert-OH is 1. The van der Waals surface area contributed by atoms with Crippen LogP contribution in [0, 0.1) is 0 Å². The van der Waals surface area contributed by atoms with E-state index in [4.69, 9.17) is 37.9 Å². The predicted octanol–water partition coefficient (Wildman–Crippen LogP) is 3.62. The fourth-order valence-electron chi connectivity index (χ4n) is 5.06. The van der Waals surface area contributed by atoms with Crippen molar-refractivity contribution in [2.24, 2.45) is 0 Å². The molecule has 43 heavy (non-hydrogen) atoms. The van der Waals surface area contributed by atoms with Crippen molar-refractivity contribution in [3.63, 3.8) is 0 Å². The van der Waals surface area contributed by atoms with Gasteiger partial charge < -0.3 is 47.8 Å². The first-order valence-electron chi connectivity index (χ1n) is 15.9. The molecule has 250 valence electrons. The quantitative estimate of drug-likeness (QED) is 0.167. The number of ketones is 1. The van der Waals surface area contributed by atoms with Crippen molar-refractivity contribution in [1.82, 2.24) is 0 Å². The van der Waals surface area contributed by atoms with Crippen LogP contribution in [0.5, 0.6) is 0 Å². The van der Waals surface area contributed by atoms with Gasteiger partial charge in [-0.05, 0) is 40.0 Å². The fourth-order valence-corrected chi connectivity index (χ4v) is 5.06. The van der Waals surface area contributed by atoms with E-state index < -0.39 is 73.4 Å². The number of hydrogen-bond donors (Lipinski definition) is 1. The molecule has 0 radical (unpaired) electrons. The average molecular weight is 619 g/mol. The van der Waals surface area contributed by atoms with Gasteiger partial charge in [0, 0.05) is 33.2 Å². The van der Waals surface area contributed by atoms with E-state index in [9.17, 15) is 19.5 Å². The highest BCUT2D eigenvalue weighted by atomic mass is 16.7. The van der Waals surface area contributed by atoms with Crippen molar-refractivity contribution in [2.75, 3.05) is 19.8 Å². The number of unbranched alkanes of at least 4 members (excludes halogenated alkanes) is 3. The van der Waals surface area contributed by atoms with Crippen molar-refractivity contribution >= 4 is 17.7 Å². The molecule has 0 saturated carbocycles. The van der Waals surface area contributed by atoms with E-state index in [1.54, 1.807) is 6.92 Å². The molecule has 2 aliphatic rings. The van der Waals surface area contributed by atoms with Gasteiger partial charge in [0.1, 0.15) is 30.2 Å². The zero-order chi connectivity index (χ0) is 31.9. The van der Waals surface area contributed by atoms with Gasteiger partial charge in [-0.25, -0.2) is 0 Å². The minimum atomic E-state index is -1.49. The maximum atomic E-state index is 13.0. The number of ether oxygens (including phenoxy) is 8. The largest absolute Gasteiger partial charge is 0.454 e. The summed E-state index contributed by atoms with van der Waals surface area (Å²) in [4.78, 5) is 36.6. The number of aliphatic hydroxyl groups is 1. The number of esters is 2. The molecule has 0 aliphatic carbocycles. The SMILES string of the molecule is CCCCOC1[C@@H](OCCCC)C(C)O[C@@H](OC2[C@@H](OCCCC)C(C)O[C@@H](O)[C@H]2OC(C)=O)[C@H]1OC(=O)CCC(C)=O. The highest BCUT2D eigenvalue weighted by molar-refractivity contribution is 5.81. The molecule has 0 aromatic carbocycles. The van der Waals surface area contributed by atoms with Crippen LogP contribution >= 0.6 is 0 Å². The zero-order valence-electron chi connectivity index (χ0n) is 27.0. The molecule has 2 heterocycles. The molecular weight excluding hydrogens is 564 g/mol. The van der Waals surface area contributed by atoms with Gasteiger partial charge in [-0.2, -0.15) is 0 Å². The van der Waals surface area contributed by atoms with Gasteiger partial charge in [0.25, 0.3) is 0 Å². The number of carbonyl (C=O) groups is 3. The van der Waals surface area contributed by atoms with Gasteiger partial charge in [0.05, 0.1) is 18.6 Å². The Balaban J connectivity index is 2.48. The summed E-state index contributed by atoms with van der Waals surface area (Å²) in [6.45, 7) is 13.6. The predicted molar refractivity (Wildman–Crippen MR) is 155 cm³/mol. The van der Waals surface area contributed by atoms with E-state index in [2.05, 4.69) is 6.92 Å². The minimum Gasteiger partial charge on any atom is -0.454 e. The van der Waals surface area contributed by atoms with Crippen LogP contribution in [-0.2, 0) is 52.3 Å². The van der Waals surface area contributed by atoms with E-state index >= 15 is 0 Å². The fraction of sp³-hybridized carbons (Fsp3) is 0.903. The minimum absolute atomic E-state index is 0.0255. The molecule has 0 bridgehead atoms. The number of rotatable bonds is 19. The Morgan fingerprint density at radius 2 is 1.16 bits per heavy atom. The van der Waals surface area contributed by atoms with Gasteiger partial charge in [-0.1, -0.05) is 40.0 Å². The lowest BCUT2D eigenvalue weighted by molar-refractivity contribution is -0.359. The van der Waals surface area contributed by atoms with Crippen molar-refractivity contribution in [3.8, 4) is 0 Å². The molecular formula is C31H54O12. The first-order chi connectivity index (χ1) is 20.5. The van der Waals surface area contributed by atoms with Gasteiger partial charge in [0.15, 0.2) is 24.8 Å². The summed E-state index contributed by atoms with van der Waals surface area (Å²) < 4.78 is 48.6. The smallest absolute Gasteiger partial charge is 0.306 e. The second-order valence-corrected chi connectivity index (χ2v) is 11.3. The molecule has 0 spiro atoms. The Labute approximate surface area is 256 Å². The Morgan fingerprint density at radius 3 is 1.67 bits per heavy atom. The summed E-state index contributed by atoms with van der Waals surface area (Å²) in [7, 11) is 0. The lowest BCUT2D eigenvalue weighted by Gasteiger charge is -2.48. The molecule has 12 nitrogen and oxygen atoms in total. The highest BCUT2D eigenvalue weighted by Gasteiger charge is 2.54. The Bertz CT molecular complexity index is 838. The van der Waals surface area contributed by atoms with Crippen molar-refractivity contribution in [1.29, 1.82) is 0 Å². The summed E-state index contributed by atoms with van der Waals surface area (Å²) in [5.41, 5.74) is 0. The normalized spacial score (nSPS) is 32.7. The van der Waals surface area contributed by atoms with Gasteiger partial charge in [-0.3, -0.25) is 9.59 Å². The molecule has 1 N–H and O–H groups in total. The Morgan fingerprint density at radius 1 is 0.651 bits per heavy atom. The van der Waals surface area contributed by atoms with Crippen LogP contribution in [0.4, 0.5) is 0 Å².